The minimum absolute atomic E-state index is 0.0900. The van der Waals surface area contributed by atoms with Crippen LogP contribution < -0.4 is 11.1 Å². The zero-order chi connectivity index (χ0) is 13.0. The molecule has 1 saturated carbocycles. The summed E-state index contributed by atoms with van der Waals surface area (Å²) < 4.78 is 5.09. The topological polar surface area (TPSA) is 77.2 Å². The second-order valence-corrected chi connectivity index (χ2v) is 4.89. The summed E-state index contributed by atoms with van der Waals surface area (Å²) in [4.78, 5) is 15.8. The Balaban J connectivity index is 1.85. The molecule has 0 saturated heterocycles. The molecule has 2 rings (SSSR count). The molecule has 1 aromatic heterocycles. The number of anilines is 1. The number of hydrogen-bond donors (Lipinski definition) is 2. The zero-order valence-electron chi connectivity index (χ0n) is 10.6. The van der Waals surface area contributed by atoms with Crippen molar-refractivity contribution in [1.82, 2.24) is 10.3 Å². The molecule has 98 valence electrons. The van der Waals surface area contributed by atoms with Crippen molar-refractivity contribution in [2.45, 2.75) is 19.3 Å². The molecule has 0 spiro atoms. The molecular formula is C13H19N3O2. The van der Waals surface area contributed by atoms with Gasteiger partial charge >= 0.3 is 0 Å². The van der Waals surface area contributed by atoms with Crippen molar-refractivity contribution in [3.63, 3.8) is 0 Å². The molecule has 1 aliphatic carbocycles. The first kappa shape index (κ1) is 12.8. The van der Waals surface area contributed by atoms with E-state index in [0.29, 0.717) is 17.9 Å². The molecule has 0 bridgehead atoms. The van der Waals surface area contributed by atoms with Crippen molar-refractivity contribution in [1.29, 1.82) is 0 Å². The van der Waals surface area contributed by atoms with Crippen molar-refractivity contribution < 1.29 is 9.53 Å². The van der Waals surface area contributed by atoms with E-state index in [2.05, 4.69) is 10.3 Å². The van der Waals surface area contributed by atoms with E-state index in [1.54, 1.807) is 25.4 Å². The Labute approximate surface area is 107 Å². The quantitative estimate of drug-likeness (QED) is 0.794. The number of nitrogens with zero attached hydrogens (tertiary/aromatic N) is 1. The number of nitrogen functional groups attached to an aromatic ring is 1. The van der Waals surface area contributed by atoms with Crippen LogP contribution in [0.4, 0.5) is 5.82 Å². The first-order valence-corrected chi connectivity index (χ1v) is 6.14. The molecule has 0 radical (unpaired) electrons. The van der Waals surface area contributed by atoms with Gasteiger partial charge in [0.15, 0.2) is 0 Å². The number of methoxy groups -OCH3 is 1. The highest BCUT2D eigenvalue weighted by molar-refractivity contribution is 5.94. The van der Waals surface area contributed by atoms with E-state index < -0.39 is 0 Å². The predicted octanol–water partition coefficient (Wildman–Crippen LogP) is 1.21. The normalized spacial score (nSPS) is 16.3. The maximum atomic E-state index is 11.9. The molecule has 1 amide bonds. The van der Waals surface area contributed by atoms with Crippen LogP contribution in [0.2, 0.25) is 0 Å². The highest BCUT2D eigenvalue weighted by atomic mass is 16.5. The lowest BCUT2D eigenvalue weighted by Gasteiger charge is -2.15. The molecule has 5 heteroatoms. The molecule has 5 nitrogen and oxygen atoms in total. The van der Waals surface area contributed by atoms with Gasteiger partial charge in [-0.25, -0.2) is 4.98 Å². The third kappa shape index (κ3) is 3.20. The first-order chi connectivity index (χ1) is 8.65. The molecule has 0 atom stereocenters. The molecule has 1 heterocycles. The lowest BCUT2D eigenvalue weighted by molar-refractivity contribution is 0.0938. The summed E-state index contributed by atoms with van der Waals surface area (Å²) in [6, 6.07) is 3.25. The SMILES string of the molecule is COCCC1(CNC(=O)c2ccnc(N)c2)CC1. The molecule has 1 aliphatic rings. The van der Waals surface area contributed by atoms with Gasteiger partial charge in [0.25, 0.3) is 5.91 Å². The van der Waals surface area contributed by atoms with Crippen LogP contribution in [0, 0.1) is 5.41 Å². The Morgan fingerprint density at radius 1 is 1.61 bits per heavy atom. The van der Waals surface area contributed by atoms with Gasteiger partial charge in [-0.15, -0.1) is 0 Å². The minimum atomic E-state index is -0.0900. The summed E-state index contributed by atoms with van der Waals surface area (Å²) in [7, 11) is 1.70. The number of rotatable bonds is 6. The van der Waals surface area contributed by atoms with Gasteiger partial charge in [0.05, 0.1) is 0 Å². The summed E-state index contributed by atoms with van der Waals surface area (Å²) in [5.41, 5.74) is 6.36. The van der Waals surface area contributed by atoms with Crippen molar-refractivity contribution >= 4 is 11.7 Å². The largest absolute Gasteiger partial charge is 0.385 e. The average Bonchev–Trinajstić information content (AvgIpc) is 3.14. The van der Waals surface area contributed by atoms with E-state index in [9.17, 15) is 4.79 Å². The Bertz CT molecular complexity index is 430. The maximum Gasteiger partial charge on any atom is 0.251 e. The van der Waals surface area contributed by atoms with Crippen LogP contribution in [0.25, 0.3) is 0 Å². The van der Waals surface area contributed by atoms with E-state index in [-0.39, 0.29) is 11.3 Å². The Morgan fingerprint density at radius 2 is 2.39 bits per heavy atom. The summed E-state index contributed by atoms with van der Waals surface area (Å²) in [6.07, 6.45) is 4.87. The van der Waals surface area contributed by atoms with Gasteiger partial charge in [-0.05, 0) is 36.8 Å². The van der Waals surface area contributed by atoms with Gasteiger partial charge in [0.1, 0.15) is 5.82 Å². The van der Waals surface area contributed by atoms with E-state index >= 15 is 0 Å². The minimum Gasteiger partial charge on any atom is -0.385 e. The molecular weight excluding hydrogens is 230 g/mol. The third-order valence-corrected chi connectivity index (χ3v) is 3.46. The van der Waals surface area contributed by atoms with Crippen LogP contribution in [-0.2, 0) is 4.74 Å². The fraction of sp³-hybridized carbons (Fsp3) is 0.538. The second kappa shape index (κ2) is 5.35. The number of carbonyl (C=O) groups excluding carboxylic acids is 1. The molecule has 0 unspecified atom stereocenters. The fourth-order valence-electron chi connectivity index (χ4n) is 1.97. The summed E-state index contributed by atoms with van der Waals surface area (Å²) in [5.74, 6) is 0.274. The highest BCUT2D eigenvalue weighted by Gasteiger charge is 2.42. The number of hydrogen-bond acceptors (Lipinski definition) is 4. The maximum absolute atomic E-state index is 11.9. The number of aromatic nitrogens is 1. The highest BCUT2D eigenvalue weighted by Crippen LogP contribution is 2.48. The standard InChI is InChI=1S/C13H19N3O2/c1-18-7-5-13(3-4-13)9-16-12(17)10-2-6-15-11(14)8-10/h2,6,8H,3-5,7,9H2,1H3,(H2,14,15)(H,16,17). The van der Waals surface area contributed by atoms with Gasteiger partial charge in [-0.1, -0.05) is 0 Å². The number of carbonyl (C=O) groups is 1. The summed E-state index contributed by atoms with van der Waals surface area (Å²) in [5, 5.41) is 2.96. The zero-order valence-corrected chi connectivity index (χ0v) is 10.6. The number of nitrogens with one attached hydrogen (secondary N) is 1. The van der Waals surface area contributed by atoms with E-state index in [1.165, 1.54) is 0 Å². The Morgan fingerprint density at radius 3 is 3.00 bits per heavy atom. The molecule has 3 N–H and O–H groups in total. The molecule has 1 fully saturated rings. The van der Waals surface area contributed by atoms with Gasteiger partial charge in [-0.3, -0.25) is 4.79 Å². The number of ether oxygens (including phenoxy) is 1. The van der Waals surface area contributed by atoms with Crippen molar-refractivity contribution in [3.8, 4) is 0 Å². The number of nitrogens with two attached hydrogens (primary N) is 1. The lowest BCUT2D eigenvalue weighted by atomic mass is 10.0. The third-order valence-electron chi connectivity index (χ3n) is 3.46. The molecule has 0 aliphatic heterocycles. The summed E-state index contributed by atoms with van der Waals surface area (Å²) in [6.45, 7) is 1.45. The average molecular weight is 249 g/mol. The van der Waals surface area contributed by atoms with Gasteiger partial charge in [0.2, 0.25) is 0 Å². The Hall–Kier alpha value is -1.62. The lowest BCUT2D eigenvalue weighted by Crippen LogP contribution is -2.30. The van der Waals surface area contributed by atoms with Crippen LogP contribution in [0.5, 0.6) is 0 Å². The molecule has 0 aromatic carbocycles. The molecule has 18 heavy (non-hydrogen) atoms. The van der Waals surface area contributed by atoms with E-state index in [1.807, 2.05) is 0 Å². The molecule has 1 aromatic rings. The Kier molecular flexibility index (Phi) is 3.81. The van der Waals surface area contributed by atoms with Gasteiger partial charge in [0, 0.05) is 32.0 Å². The van der Waals surface area contributed by atoms with Gasteiger partial charge < -0.3 is 15.8 Å². The second-order valence-electron chi connectivity index (χ2n) is 4.89. The van der Waals surface area contributed by atoms with Crippen molar-refractivity contribution in [2.75, 3.05) is 26.0 Å². The van der Waals surface area contributed by atoms with E-state index in [0.717, 1.165) is 25.9 Å². The predicted molar refractivity (Wildman–Crippen MR) is 69.1 cm³/mol. The van der Waals surface area contributed by atoms with Gasteiger partial charge in [-0.2, -0.15) is 0 Å². The fourth-order valence-corrected chi connectivity index (χ4v) is 1.97. The van der Waals surface area contributed by atoms with Crippen LogP contribution in [0.15, 0.2) is 18.3 Å². The van der Waals surface area contributed by atoms with Crippen LogP contribution in [0.1, 0.15) is 29.6 Å². The van der Waals surface area contributed by atoms with Crippen LogP contribution in [-0.4, -0.2) is 31.2 Å². The van der Waals surface area contributed by atoms with Crippen molar-refractivity contribution in [3.05, 3.63) is 23.9 Å². The van der Waals surface area contributed by atoms with E-state index in [4.69, 9.17) is 10.5 Å². The van der Waals surface area contributed by atoms with Crippen LogP contribution in [0.3, 0.4) is 0 Å². The first-order valence-electron chi connectivity index (χ1n) is 6.14. The number of amides is 1. The summed E-state index contributed by atoms with van der Waals surface area (Å²) >= 11 is 0. The monoisotopic (exact) mass is 249 g/mol. The van der Waals surface area contributed by atoms with Crippen LogP contribution >= 0.6 is 0 Å². The van der Waals surface area contributed by atoms with Crippen molar-refractivity contribution in [2.24, 2.45) is 5.41 Å². The smallest absolute Gasteiger partial charge is 0.251 e. The number of pyridine rings is 1.